The number of aromatic amines is 1. The zero-order valence-electron chi connectivity index (χ0n) is 16.8. The van der Waals surface area contributed by atoms with Gasteiger partial charge in [0.1, 0.15) is 0 Å². The van der Waals surface area contributed by atoms with Crippen LogP contribution < -0.4 is 5.56 Å². The number of hydrogen-bond donors (Lipinski definition) is 2. The standard InChI is InChI=1S/C24H27N3O2/c1-27(19-7-3-2-4-8-19)16-17-11-13-18(14-12-17)25-15-22-20-9-5-6-10-21(20)23(28)26-24(22)29/h5-6,9-15,19H,2-4,7-8,16H2,1H3,(H2,26,28,29). The first kappa shape index (κ1) is 19.4. The van der Waals surface area contributed by atoms with Gasteiger partial charge in [-0.25, -0.2) is 0 Å². The van der Waals surface area contributed by atoms with Crippen LogP contribution in [0.25, 0.3) is 10.8 Å². The van der Waals surface area contributed by atoms with Crippen molar-refractivity contribution in [1.82, 2.24) is 9.88 Å². The molecule has 2 aromatic carbocycles. The SMILES string of the molecule is CN(Cc1ccc(N=Cc2c(O)[nH]c(=O)c3ccccc23)cc1)C1CCCCC1. The van der Waals surface area contributed by atoms with Crippen LogP contribution in [0.15, 0.2) is 58.3 Å². The van der Waals surface area contributed by atoms with Gasteiger partial charge in [-0.2, -0.15) is 0 Å². The lowest BCUT2D eigenvalue weighted by Crippen LogP contribution is -2.32. The summed E-state index contributed by atoms with van der Waals surface area (Å²) in [7, 11) is 2.21. The molecule has 0 saturated heterocycles. The molecule has 0 unspecified atom stereocenters. The van der Waals surface area contributed by atoms with E-state index in [1.54, 1.807) is 18.3 Å². The summed E-state index contributed by atoms with van der Waals surface area (Å²) in [5.41, 5.74) is 2.29. The first-order chi connectivity index (χ1) is 14.1. The predicted molar refractivity (Wildman–Crippen MR) is 118 cm³/mol. The molecule has 1 heterocycles. The normalized spacial score (nSPS) is 15.5. The fourth-order valence-corrected chi connectivity index (χ4v) is 4.18. The zero-order chi connectivity index (χ0) is 20.2. The molecule has 1 saturated carbocycles. The molecule has 29 heavy (non-hydrogen) atoms. The van der Waals surface area contributed by atoms with Crippen LogP contribution in [-0.4, -0.2) is 34.3 Å². The number of benzene rings is 2. The average Bonchev–Trinajstić information content (AvgIpc) is 2.75. The number of rotatable bonds is 5. The highest BCUT2D eigenvalue weighted by Gasteiger charge is 2.17. The van der Waals surface area contributed by atoms with Crippen molar-refractivity contribution in [3.8, 4) is 5.88 Å². The molecule has 1 aliphatic carbocycles. The zero-order valence-corrected chi connectivity index (χ0v) is 16.8. The van der Waals surface area contributed by atoms with Crippen molar-refractivity contribution in [1.29, 1.82) is 0 Å². The van der Waals surface area contributed by atoms with Crippen LogP contribution >= 0.6 is 0 Å². The summed E-state index contributed by atoms with van der Waals surface area (Å²) in [5.74, 6) is -0.164. The van der Waals surface area contributed by atoms with Crippen LogP contribution in [-0.2, 0) is 6.54 Å². The third-order valence-corrected chi connectivity index (χ3v) is 5.86. The highest BCUT2D eigenvalue weighted by molar-refractivity contribution is 6.01. The fourth-order valence-electron chi connectivity index (χ4n) is 4.18. The van der Waals surface area contributed by atoms with E-state index < -0.39 is 0 Å². The average molecular weight is 389 g/mol. The second-order valence-electron chi connectivity index (χ2n) is 7.89. The minimum absolute atomic E-state index is 0.164. The Balaban J connectivity index is 1.50. The van der Waals surface area contributed by atoms with Crippen molar-refractivity contribution < 1.29 is 5.11 Å². The molecule has 0 atom stereocenters. The number of nitrogens with zero attached hydrogens (tertiary/aromatic N) is 2. The van der Waals surface area contributed by atoms with Gasteiger partial charge in [-0.15, -0.1) is 0 Å². The van der Waals surface area contributed by atoms with Crippen molar-refractivity contribution in [3.63, 3.8) is 0 Å². The lowest BCUT2D eigenvalue weighted by Gasteiger charge is -2.31. The van der Waals surface area contributed by atoms with E-state index >= 15 is 0 Å². The highest BCUT2D eigenvalue weighted by Crippen LogP contribution is 2.24. The van der Waals surface area contributed by atoms with Crippen LogP contribution in [0.4, 0.5) is 5.69 Å². The number of hydrogen-bond acceptors (Lipinski definition) is 4. The molecule has 0 amide bonds. The third kappa shape index (κ3) is 4.40. The minimum atomic E-state index is -0.304. The van der Waals surface area contributed by atoms with Crippen LogP contribution in [0.1, 0.15) is 43.2 Å². The number of aromatic hydroxyl groups is 1. The summed E-state index contributed by atoms with van der Waals surface area (Å²) in [5, 5.41) is 11.4. The van der Waals surface area contributed by atoms with Crippen molar-refractivity contribution in [2.45, 2.75) is 44.7 Å². The topological polar surface area (TPSA) is 68.7 Å². The van der Waals surface area contributed by atoms with Crippen molar-refractivity contribution in [3.05, 3.63) is 70.0 Å². The fraction of sp³-hybridized carbons (Fsp3) is 0.333. The summed E-state index contributed by atoms with van der Waals surface area (Å²) < 4.78 is 0. The first-order valence-corrected chi connectivity index (χ1v) is 10.3. The second kappa shape index (κ2) is 8.62. The van der Waals surface area contributed by atoms with Crippen LogP contribution in [0, 0.1) is 0 Å². The van der Waals surface area contributed by atoms with Gasteiger partial charge in [0.2, 0.25) is 5.88 Å². The van der Waals surface area contributed by atoms with E-state index in [9.17, 15) is 9.90 Å². The van der Waals surface area contributed by atoms with Crippen molar-refractivity contribution in [2.24, 2.45) is 4.99 Å². The summed E-state index contributed by atoms with van der Waals surface area (Å²) in [6, 6.07) is 16.1. The molecular formula is C24H27N3O2. The van der Waals surface area contributed by atoms with E-state index in [4.69, 9.17) is 0 Å². The van der Waals surface area contributed by atoms with Gasteiger partial charge in [0, 0.05) is 29.6 Å². The lowest BCUT2D eigenvalue weighted by molar-refractivity contribution is 0.184. The van der Waals surface area contributed by atoms with E-state index in [1.165, 1.54) is 37.7 Å². The number of pyridine rings is 1. The lowest BCUT2D eigenvalue weighted by atomic mass is 9.94. The molecule has 0 spiro atoms. The second-order valence-corrected chi connectivity index (χ2v) is 7.89. The number of aromatic nitrogens is 1. The van der Waals surface area contributed by atoms with Gasteiger partial charge < -0.3 is 5.11 Å². The third-order valence-electron chi connectivity index (χ3n) is 5.86. The van der Waals surface area contributed by atoms with Crippen molar-refractivity contribution in [2.75, 3.05) is 7.05 Å². The maximum Gasteiger partial charge on any atom is 0.258 e. The molecule has 5 nitrogen and oxygen atoms in total. The van der Waals surface area contributed by atoms with E-state index in [0.29, 0.717) is 22.4 Å². The largest absolute Gasteiger partial charge is 0.494 e. The Bertz CT molecular complexity index is 1060. The van der Waals surface area contributed by atoms with Crippen molar-refractivity contribution >= 4 is 22.7 Å². The van der Waals surface area contributed by atoms with E-state index in [2.05, 4.69) is 34.1 Å². The molecule has 4 rings (SSSR count). The molecule has 0 aliphatic heterocycles. The molecule has 5 heteroatoms. The molecule has 3 aromatic rings. The van der Waals surface area contributed by atoms with Gasteiger partial charge in [0.25, 0.3) is 5.56 Å². The number of H-pyrrole nitrogens is 1. The molecular weight excluding hydrogens is 362 g/mol. The van der Waals surface area contributed by atoms with Crippen LogP contribution in [0.5, 0.6) is 5.88 Å². The summed E-state index contributed by atoms with van der Waals surface area (Å²) in [6.07, 6.45) is 8.27. The highest BCUT2D eigenvalue weighted by atomic mass is 16.3. The quantitative estimate of drug-likeness (QED) is 0.619. The van der Waals surface area contributed by atoms with Gasteiger partial charge in [0.05, 0.1) is 11.3 Å². The number of fused-ring (bicyclic) bond motifs is 1. The predicted octanol–water partition coefficient (Wildman–Crippen LogP) is 4.75. The Hall–Kier alpha value is -2.92. The van der Waals surface area contributed by atoms with E-state index in [1.807, 2.05) is 24.3 Å². The van der Waals surface area contributed by atoms with Gasteiger partial charge in [-0.1, -0.05) is 49.6 Å². The van der Waals surface area contributed by atoms with E-state index in [-0.39, 0.29) is 11.4 Å². The maximum absolute atomic E-state index is 12.0. The summed E-state index contributed by atoms with van der Waals surface area (Å²) >= 11 is 0. The molecule has 0 radical (unpaired) electrons. The molecule has 1 aliphatic rings. The minimum Gasteiger partial charge on any atom is -0.494 e. The molecule has 1 aromatic heterocycles. The maximum atomic E-state index is 12.0. The smallest absolute Gasteiger partial charge is 0.258 e. The van der Waals surface area contributed by atoms with Crippen LogP contribution in [0.3, 0.4) is 0 Å². The summed E-state index contributed by atoms with van der Waals surface area (Å²) in [6.45, 7) is 0.944. The number of nitrogens with one attached hydrogen (secondary N) is 1. The Morgan fingerprint density at radius 3 is 2.48 bits per heavy atom. The van der Waals surface area contributed by atoms with Gasteiger partial charge in [-0.3, -0.25) is 19.7 Å². The number of aliphatic imine (C=N–C) groups is 1. The Morgan fingerprint density at radius 1 is 1.07 bits per heavy atom. The van der Waals surface area contributed by atoms with Gasteiger partial charge >= 0.3 is 0 Å². The molecule has 150 valence electrons. The summed E-state index contributed by atoms with van der Waals surface area (Å²) in [4.78, 5) is 21.5. The van der Waals surface area contributed by atoms with Gasteiger partial charge in [0.15, 0.2) is 0 Å². The monoisotopic (exact) mass is 389 g/mol. The van der Waals surface area contributed by atoms with E-state index in [0.717, 1.165) is 12.2 Å². The Kier molecular flexibility index (Phi) is 5.76. The Labute approximate surface area is 170 Å². The Morgan fingerprint density at radius 2 is 1.76 bits per heavy atom. The first-order valence-electron chi connectivity index (χ1n) is 10.3. The molecule has 2 N–H and O–H groups in total. The van der Waals surface area contributed by atoms with Gasteiger partial charge in [-0.05, 0) is 43.7 Å². The van der Waals surface area contributed by atoms with Crippen LogP contribution in [0.2, 0.25) is 0 Å². The molecule has 1 fully saturated rings. The molecule has 0 bridgehead atoms.